The molecule has 0 spiro atoms. The van der Waals surface area contributed by atoms with Gasteiger partial charge in [0, 0.05) is 36.5 Å². The number of likely N-dealkylation sites (N-methyl/N-ethyl adjacent to an activating group) is 2. The van der Waals surface area contributed by atoms with Crippen LogP contribution in [0.15, 0.2) is 0 Å². The second-order valence-corrected chi connectivity index (χ2v) is 6.74. The number of aromatic nitrogens is 1. The summed E-state index contributed by atoms with van der Waals surface area (Å²) in [5.74, 6) is 0.686. The van der Waals surface area contributed by atoms with Crippen molar-refractivity contribution in [3.05, 3.63) is 10.6 Å². The van der Waals surface area contributed by atoms with E-state index in [0.717, 1.165) is 18.2 Å². The van der Waals surface area contributed by atoms with Gasteiger partial charge in [-0.25, -0.2) is 4.98 Å². The van der Waals surface area contributed by atoms with Crippen molar-refractivity contribution in [3.8, 4) is 0 Å². The van der Waals surface area contributed by atoms with Gasteiger partial charge in [-0.2, -0.15) is 0 Å². The third kappa shape index (κ3) is 3.46. The Labute approximate surface area is 120 Å². The van der Waals surface area contributed by atoms with E-state index in [9.17, 15) is 0 Å². The third-order valence-electron chi connectivity index (χ3n) is 3.61. The fraction of sp³-hybridized carbons (Fsp3) is 0.786. The molecule has 19 heavy (non-hydrogen) atoms. The Balaban J connectivity index is 2.17. The lowest BCUT2D eigenvalue weighted by atomic mass is 10.2. The van der Waals surface area contributed by atoms with Crippen molar-refractivity contribution in [1.82, 2.24) is 9.88 Å². The van der Waals surface area contributed by atoms with E-state index in [-0.39, 0.29) is 0 Å². The zero-order chi connectivity index (χ0) is 14.0. The highest BCUT2D eigenvalue weighted by Crippen LogP contribution is 2.44. The van der Waals surface area contributed by atoms with E-state index in [1.165, 1.54) is 23.4 Å². The summed E-state index contributed by atoms with van der Waals surface area (Å²) in [7, 11) is 4.24. The summed E-state index contributed by atoms with van der Waals surface area (Å²) >= 11 is 1.79. The second-order valence-electron chi connectivity index (χ2n) is 5.68. The Bertz CT molecular complexity index is 412. The first-order chi connectivity index (χ1) is 9.06. The van der Waals surface area contributed by atoms with E-state index >= 15 is 0 Å². The van der Waals surface area contributed by atoms with Crippen LogP contribution in [-0.2, 0) is 6.54 Å². The minimum atomic E-state index is 0.476. The topological polar surface area (TPSA) is 45.4 Å². The summed E-state index contributed by atoms with van der Waals surface area (Å²) in [5.41, 5.74) is 7.15. The molecular formula is C14H26N4S. The molecule has 1 aromatic rings. The first-order valence-corrected chi connectivity index (χ1v) is 7.99. The van der Waals surface area contributed by atoms with Gasteiger partial charge in [0.15, 0.2) is 5.13 Å². The molecule has 0 radical (unpaired) electrons. The first-order valence-electron chi connectivity index (χ1n) is 7.17. The fourth-order valence-electron chi connectivity index (χ4n) is 2.56. The zero-order valence-electron chi connectivity index (χ0n) is 12.5. The molecule has 5 heteroatoms. The molecule has 4 nitrogen and oxygen atoms in total. The summed E-state index contributed by atoms with van der Waals surface area (Å²) < 4.78 is 0. The summed E-state index contributed by atoms with van der Waals surface area (Å²) in [6.45, 7) is 7.14. The van der Waals surface area contributed by atoms with Gasteiger partial charge in [-0.05, 0) is 40.8 Å². The van der Waals surface area contributed by atoms with Crippen molar-refractivity contribution in [3.63, 3.8) is 0 Å². The second kappa shape index (κ2) is 6.20. The Hall–Kier alpha value is -0.650. The van der Waals surface area contributed by atoms with Crippen LogP contribution in [0, 0.1) is 0 Å². The molecule has 0 saturated heterocycles. The standard InChI is InChI=1S/C14H26N4S/c1-5-18(10(2)9-17(3)4)14-16-13(11-6-7-11)12(8-15)19-14/h10-11H,5-9,15H2,1-4H3. The maximum absolute atomic E-state index is 5.87. The van der Waals surface area contributed by atoms with Gasteiger partial charge in [-0.1, -0.05) is 0 Å². The van der Waals surface area contributed by atoms with Crippen molar-refractivity contribution < 1.29 is 0 Å². The predicted octanol–water partition coefficient (Wildman–Crippen LogP) is 2.26. The van der Waals surface area contributed by atoms with E-state index in [1.807, 2.05) is 0 Å². The third-order valence-corrected chi connectivity index (χ3v) is 4.74. The molecule has 0 aromatic carbocycles. The van der Waals surface area contributed by atoms with Crippen LogP contribution in [0.3, 0.4) is 0 Å². The van der Waals surface area contributed by atoms with Gasteiger partial charge in [0.1, 0.15) is 0 Å². The summed E-state index contributed by atoms with van der Waals surface area (Å²) in [4.78, 5) is 10.8. The number of nitrogens with zero attached hydrogens (tertiary/aromatic N) is 3. The van der Waals surface area contributed by atoms with Crippen molar-refractivity contribution in [1.29, 1.82) is 0 Å². The van der Waals surface area contributed by atoms with Crippen LogP contribution < -0.4 is 10.6 Å². The lowest BCUT2D eigenvalue weighted by molar-refractivity contribution is 0.373. The molecule has 1 unspecified atom stereocenters. The number of rotatable bonds is 7. The van der Waals surface area contributed by atoms with E-state index in [4.69, 9.17) is 10.7 Å². The molecule has 0 amide bonds. The lowest BCUT2D eigenvalue weighted by Gasteiger charge is -2.29. The molecule has 0 bridgehead atoms. The zero-order valence-corrected chi connectivity index (χ0v) is 13.3. The molecule has 1 fully saturated rings. The van der Waals surface area contributed by atoms with Crippen molar-refractivity contribution in [2.45, 2.75) is 45.2 Å². The monoisotopic (exact) mass is 282 g/mol. The van der Waals surface area contributed by atoms with E-state index < -0.39 is 0 Å². The molecule has 1 saturated carbocycles. The molecule has 1 aliphatic carbocycles. The lowest BCUT2D eigenvalue weighted by Crippen LogP contribution is -2.40. The average Bonchev–Trinajstić information content (AvgIpc) is 3.10. The summed E-state index contributed by atoms with van der Waals surface area (Å²) in [5, 5.41) is 1.15. The average molecular weight is 282 g/mol. The van der Waals surface area contributed by atoms with Gasteiger partial charge in [-0.3, -0.25) is 0 Å². The van der Waals surface area contributed by atoms with Gasteiger partial charge >= 0.3 is 0 Å². The largest absolute Gasteiger partial charge is 0.344 e. The van der Waals surface area contributed by atoms with Crippen LogP contribution >= 0.6 is 11.3 Å². The first kappa shape index (κ1) is 14.8. The molecule has 0 aliphatic heterocycles. The van der Waals surface area contributed by atoms with Crippen LogP contribution in [0.1, 0.15) is 43.2 Å². The highest BCUT2D eigenvalue weighted by molar-refractivity contribution is 7.15. The molecule has 2 N–H and O–H groups in total. The number of hydrogen-bond donors (Lipinski definition) is 1. The van der Waals surface area contributed by atoms with Crippen LogP contribution in [0.2, 0.25) is 0 Å². The van der Waals surface area contributed by atoms with E-state index in [1.54, 1.807) is 11.3 Å². The molecule has 1 aromatic heterocycles. The Kier molecular flexibility index (Phi) is 4.81. The summed E-state index contributed by atoms with van der Waals surface area (Å²) in [6.07, 6.45) is 2.57. The smallest absolute Gasteiger partial charge is 0.186 e. The molecule has 108 valence electrons. The van der Waals surface area contributed by atoms with Crippen molar-refractivity contribution >= 4 is 16.5 Å². The molecule has 1 aliphatic rings. The number of hydrogen-bond acceptors (Lipinski definition) is 5. The fourth-order valence-corrected chi connectivity index (χ4v) is 3.75. The minimum absolute atomic E-state index is 0.476. The highest BCUT2D eigenvalue weighted by atomic mass is 32.1. The highest BCUT2D eigenvalue weighted by Gasteiger charge is 2.30. The maximum atomic E-state index is 5.87. The van der Waals surface area contributed by atoms with Crippen molar-refractivity contribution in [2.75, 3.05) is 32.1 Å². The molecule has 1 atom stereocenters. The molecule has 2 rings (SSSR count). The Morgan fingerprint density at radius 2 is 2.11 bits per heavy atom. The molecule has 1 heterocycles. The maximum Gasteiger partial charge on any atom is 0.186 e. The number of thiazole rings is 1. The van der Waals surface area contributed by atoms with E-state index in [2.05, 4.69) is 37.7 Å². The van der Waals surface area contributed by atoms with Gasteiger partial charge < -0.3 is 15.5 Å². The Morgan fingerprint density at radius 1 is 1.42 bits per heavy atom. The Morgan fingerprint density at radius 3 is 2.58 bits per heavy atom. The predicted molar refractivity (Wildman–Crippen MR) is 83.0 cm³/mol. The molecular weight excluding hydrogens is 256 g/mol. The van der Waals surface area contributed by atoms with Gasteiger partial charge in [0.05, 0.1) is 5.69 Å². The number of nitrogens with two attached hydrogens (primary N) is 1. The summed E-state index contributed by atoms with van der Waals surface area (Å²) in [6, 6.07) is 0.476. The van der Waals surface area contributed by atoms with Crippen LogP contribution in [0.5, 0.6) is 0 Å². The normalized spacial score (nSPS) is 16.9. The quantitative estimate of drug-likeness (QED) is 0.833. The van der Waals surface area contributed by atoms with Crippen LogP contribution in [0.4, 0.5) is 5.13 Å². The van der Waals surface area contributed by atoms with E-state index in [0.29, 0.717) is 18.5 Å². The van der Waals surface area contributed by atoms with Crippen LogP contribution in [-0.4, -0.2) is 43.1 Å². The van der Waals surface area contributed by atoms with Gasteiger partial charge in [0.2, 0.25) is 0 Å². The SMILES string of the molecule is CCN(c1nc(C2CC2)c(CN)s1)C(C)CN(C)C. The minimum Gasteiger partial charge on any atom is -0.344 e. The number of anilines is 1. The van der Waals surface area contributed by atoms with Gasteiger partial charge in [-0.15, -0.1) is 11.3 Å². The van der Waals surface area contributed by atoms with Gasteiger partial charge in [0.25, 0.3) is 0 Å². The van der Waals surface area contributed by atoms with Crippen LogP contribution in [0.25, 0.3) is 0 Å². The van der Waals surface area contributed by atoms with Crippen molar-refractivity contribution in [2.24, 2.45) is 5.73 Å².